The number of carbonyl (C=O) groups excluding carboxylic acids is 1. The monoisotopic (exact) mass is 448 g/mol. The van der Waals surface area contributed by atoms with Gasteiger partial charge in [0.25, 0.3) is 0 Å². The molecule has 0 amide bonds. The summed E-state index contributed by atoms with van der Waals surface area (Å²) < 4.78 is 0. The zero-order valence-corrected chi connectivity index (χ0v) is 21.3. The summed E-state index contributed by atoms with van der Waals surface area (Å²) >= 11 is 0. The number of aliphatic hydroxyl groups is 3. The summed E-state index contributed by atoms with van der Waals surface area (Å²) in [5, 5.41) is 32.2. The lowest BCUT2D eigenvalue weighted by atomic mass is 9.44. The van der Waals surface area contributed by atoms with Crippen molar-refractivity contribution in [1.82, 2.24) is 0 Å². The van der Waals surface area contributed by atoms with Crippen LogP contribution in [0.5, 0.6) is 0 Å². The molecule has 12 atom stereocenters. The Kier molecular flexibility index (Phi) is 6.66. The number of aliphatic hydroxyl groups excluding tert-OH is 3. The minimum absolute atomic E-state index is 0.0440. The van der Waals surface area contributed by atoms with Crippen LogP contribution in [0.15, 0.2) is 0 Å². The molecule has 32 heavy (non-hydrogen) atoms. The highest BCUT2D eigenvalue weighted by Gasteiger charge is 2.63. The number of hydrogen-bond acceptors (Lipinski definition) is 4. The first-order valence-electron chi connectivity index (χ1n) is 13.5. The van der Waals surface area contributed by atoms with Gasteiger partial charge in [-0.15, -0.1) is 0 Å². The van der Waals surface area contributed by atoms with Crippen molar-refractivity contribution in [2.24, 2.45) is 58.2 Å². The van der Waals surface area contributed by atoms with Gasteiger partial charge in [0.2, 0.25) is 0 Å². The highest BCUT2D eigenvalue weighted by atomic mass is 16.3. The largest absolute Gasteiger partial charge is 0.393 e. The van der Waals surface area contributed by atoms with Gasteiger partial charge in [-0.1, -0.05) is 41.5 Å². The standard InChI is InChI=1S/C28H48O4/c1-15(2)16(3)25(31)26(32)17(4)20-7-8-21-19-14-24(30)23-13-18(29)9-11-28(23,6)22(19)10-12-27(20,21)5/h15-23,25-26,29,31-32H,7-14H2,1-6H3/t16-,17-,18+,19?,20?,21?,22?,23?,25-,26-,27+,28+/m0/s1. The van der Waals surface area contributed by atoms with Crippen molar-refractivity contribution in [3.8, 4) is 0 Å². The Morgan fingerprint density at radius 1 is 0.875 bits per heavy atom. The van der Waals surface area contributed by atoms with E-state index < -0.39 is 12.2 Å². The fraction of sp³-hybridized carbons (Fsp3) is 0.964. The molecule has 0 spiro atoms. The van der Waals surface area contributed by atoms with Crippen LogP contribution in [0.3, 0.4) is 0 Å². The molecule has 4 aliphatic rings. The first-order valence-corrected chi connectivity index (χ1v) is 13.5. The number of ketones is 1. The van der Waals surface area contributed by atoms with Crippen LogP contribution in [0, 0.1) is 58.2 Å². The van der Waals surface area contributed by atoms with Crippen molar-refractivity contribution in [2.45, 2.75) is 111 Å². The van der Waals surface area contributed by atoms with Crippen LogP contribution >= 0.6 is 0 Å². The number of rotatable bonds is 5. The Hall–Kier alpha value is -0.450. The van der Waals surface area contributed by atoms with Gasteiger partial charge in [-0.25, -0.2) is 0 Å². The van der Waals surface area contributed by atoms with E-state index in [4.69, 9.17) is 0 Å². The molecule has 3 N–H and O–H groups in total. The molecule has 4 fully saturated rings. The maximum Gasteiger partial charge on any atom is 0.136 e. The van der Waals surface area contributed by atoms with Crippen LogP contribution in [0.2, 0.25) is 0 Å². The molecule has 0 saturated heterocycles. The summed E-state index contributed by atoms with van der Waals surface area (Å²) in [6.07, 6.45) is 6.05. The summed E-state index contributed by atoms with van der Waals surface area (Å²) in [6, 6.07) is 0. The van der Waals surface area contributed by atoms with Gasteiger partial charge in [-0.3, -0.25) is 4.79 Å². The molecule has 4 nitrogen and oxygen atoms in total. The molecule has 0 aromatic rings. The minimum Gasteiger partial charge on any atom is -0.393 e. The average molecular weight is 449 g/mol. The van der Waals surface area contributed by atoms with Crippen LogP contribution in [0.4, 0.5) is 0 Å². The van der Waals surface area contributed by atoms with Crippen molar-refractivity contribution in [3.05, 3.63) is 0 Å². The predicted octanol–water partition coefficient (Wildman–Crippen LogP) is 4.84. The van der Waals surface area contributed by atoms with E-state index in [1.807, 2.05) is 6.92 Å². The zero-order valence-electron chi connectivity index (χ0n) is 21.3. The van der Waals surface area contributed by atoms with Crippen LogP contribution in [-0.4, -0.2) is 39.4 Å². The molecule has 0 bridgehead atoms. The lowest BCUT2D eigenvalue weighted by Crippen LogP contribution is -2.57. The molecular weight excluding hydrogens is 400 g/mol. The van der Waals surface area contributed by atoms with E-state index >= 15 is 0 Å². The molecule has 184 valence electrons. The summed E-state index contributed by atoms with van der Waals surface area (Å²) in [4.78, 5) is 13.3. The van der Waals surface area contributed by atoms with Crippen molar-refractivity contribution >= 4 is 5.78 Å². The van der Waals surface area contributed by atoms with E-state index in [1.165, 1.54) is 0 Å². The molecular formula is C28H48O4. The van der Waals surface area contributed by atoms with Crippen LogP contribution < -0.4 is 0 Å². The molecule has 4 saturated carbocycles. The van der Waals surface area contributed by atoms with Crippen LogP contribution in [0.1, 0.15) is 92.9 Å². The average Bonchev–Trinajstić information content (AvgIpc) is 3.10. The second kappa shape index (κ2) is 8.64. The summed E-state index contributed by atoms with van der Waals surface area (Å²) in [5.74, 6) is 2.88. The van der Waals surface area contributed by atoms with Crippen LogP contribution in [0.25, 0.3) is 0 Å². The Bertz CT molecular complexity index is 706. The van der Waals surface area contributed by atoms with Crippen molar-refractivity contribution in [2.75, 3.05) is 0 Å². The Morgan fingerprint density at radius 2 is 1.50 bits per heavy atom. The maximum absolute atomic E-state index is 13.3. The lowest BCUT2D eigenvalue weighted by molar-refractivity contribution is -0.161. The van der Waals surface area contributed by atoms with Gasteiger partial charge in [0.1, 0.15) is 5.78 Å². The van der Waals surface area contributed by atoms with Gasteiger partial charge in [0.15, 0.2) is 0 Å². The van der Waals surface area contributed by atoms with Crippen LogP contribution in [-0.2, 0) is 4.79 Å². The van der Waals surface area contributed by atoms with Gasteiger partial charge in [0, 0.05) is 12.3 Å². The molecule has 4 heteroatoms. The maximum atomic E-state index is 13.3. The summed E-state index contributed by atoms with van der Waals surface area (Å²) in [7, 11) is 0. The van der Waals surface area contributed by atoms with E-state index in [9.17, 15) is 20.1 Å². The Balaban J connectivity index is 1.54. The number of fused-ring (bicyclic) bond motifs is 5. The zero-order chi connectivity index (χ0) is 23.6. The van der Waals surface area contributed by atoms with E-state index in [0.29, 0.717) is 48.2 Å². The van der Waals surface area contributed by atoms with Crippen molar-refractivity contribution in [1.29, 1.82) is 0 Å². The van der Waals surface area contributed by atoms with E-state index in [2.05, 4.69) is 34.6 Å². The van der Waals surface area contributed by atoms with E-state index in [1.54, 1.807) is 0 Å². The molecule has 4 rings (SSSR count). The molecule has 0 aromatic heterocycles. The third-order valence-corrected chi connectivity index (χ3v) is 11.6. The lowest BCUT2D eigenvalue weighted by Gasteiger charge is -2.60. The fourth-order valence-electron chi connectivity index (χ4n) is 9.18. The quantitative estimate of drug-likeness (QED) is 0.563. The van der Waals surface area contributed by atoms with Gasteiger partial charge in [-0.05, 0) is 97.2 Å². The third kappa shape index (κ3) is 3.71. The normalized spacial score (nSPS) is 47.9. The van der Waals surface area contributed by atoms with E-state index in [-0.39, 0.29) is 34.7 Å². The number of hydrogen-bond donors (Lipinski definition) is 3. The number of Topliss-reactive ketones (excluding diaryl/α,β-unsaturated/α-hetero) is 1. The second-order valence-electron chi connectivity index (χ2n) is 13.2. The van der Waals surface area contributed by atoms with E-state index in [0.717, 1.165) is 38.5 Å². The van der Waals surface area contributed by atoms with Gasteiger partial charge >= 0.3 is 0 Å². The molecule has 0 aliphatic heterocycles. The minimum atomic E-state index is -0.694. The van der Waals surface area contributed by atoms with Crippen molar-refractivity contribution < 1.29 is 20.1 Å². The third-order valence-electron chi connectivity index (χ3n) is 11.6. The topological polar surface area (TPSA) is 77.8 Å². The molecule has 0 heterocycles. The Morgan fingerprint density at radius 3 is 2.16 bits per heavy atom. The Labute approximate surface area is 195 Å². The molecule has 0 aromatic carbocycles. The smallest absolute Gasteiger partial charge is 0.136 e. The molecule has 5 unspecified atom stereocenters. The molecule has 4 aliphatic carbocycles. The first-order chi connectivity index (χ1) is 14.9. The van der Waals surface area contributed by atoms with Crippen molar-refractivity contribution in [3.63, 3.8) is 0 Å². The summed E-state index contributed by atoms with van der Waals surface area (Å²) in [6.45, 7) is 13.2. The SMILES string of the molecule is CC(C)[C@H](C)[C@H](O)[C@@H](O)[C@@H](C)C1CCC2C3CC(=O)C4C[C@H](O)CC[C@]4(C)C3CC[C@@]21C. The highest BCUT2D eigenvalue weighted by molar-refractivity contribution is 5.83. The molecule has 0 radical (unpaired) electrons. The number of carbonyl (C=O) groups is 1. The fourth-order valence-corrected chi connectivity index (χ4v) is 9.18. The first kappa shape index (κ1) is 24.7. The van der Waals surface area contributed by atoms with Gasteiger partial charge in [0.05, 0.1) is 18.3 Å². The highest BCUT2D eigenvalue weighted by Crippen LogP contribution is 2.67. The predicted molar refractivity (Wildman–Crippen MR) is 127 cm³/mol. The summed E-state index contributed by atoms with van der Waals surface area (Å²) in [5.41, 5.74) is 0.187. The van der Waals surface area contributed by atoms with Gasteiger partial charge < -0.3 is 15.3 Å². The van der Waals surface area contributed by atoms with Gasteiger partial charge in [-0.2, -0.15) is 0 Å². The second-order valence-corrected chi connectivity index (χ2v) is 13.2.